The third kappa shape index (κ3) is 5.47. The molecule has 0 aliphatic heterocycles. The minimum absolute atomic E-state index is 0.0564. The molecule has 0 radical (unpaired) electrons. The van der Waals surface area contributed by atoms with E-state index in [0.29, 0.717) is 12.0 Å². The van der Waals surface area contributed by atoms with Crippen molar-refractivity contribution in [3.8, 4) is 0 Å². The molecule has 0 aromatic rings. The lowest BCUT2D eigenvalue weighted by Crippen LogP contribution is -2.44. The van der Waals surface area contributed by atoms with Crippen LogP contribution in [0.2, 0.25) is 0 Å². The first-order valence-corrected chi connectivity index (χ1v) is 5.14. The highest BCUT2D eigenvalue weighted by molar-refractivity contribution is 5.86. The predicted octanol–water partition coefficient (Wildman–Crippen LogP) is -0.305. The topological polar surface area (TPSA) is 65.5 Å². The van der Waals surface area contributed by atoms with Gasteiger partial charge in [0.2, 0.25) is 5.91 Å². The molecule has 0 unspecified atom stereocenters. The summed E-state index contributed by atoms with van der Waals surface area (Å²) < 4.78 is 23.5. The molecule has 0 heterocycles. The standard InChI is InChI=1S/C9H16F2N4O/c1-12-9(15-6-2-3-6)14-5-8(16)13-4-7(10)11/h6-7H,2-5H2,1H3,(H,13,16)(H2,12,14,15). The number of nitrogens with one attached hydrogen (secondary N) is 3. The zero-order valence-corrected chi connectivity index (χ0v) is 9.09. The summed E-state index contributed by atoms with van der Waals surface area (Å²) in [6, 6.07) is 0.426. The third-order valence-corrected chi connectivity index (χ3v) is 2.01. The zero-order chi connectivity index (χ0) is 12.0. The maximum absolute atomic E-state index is 11.8. The molecule has 3 N–H and O–H groups in total. The van der Waals surface area contributed by atoms with Gasteiger partial charge in [0.05, 0.1) is 13.1 Å². The van der Waals surface area contributed by atoms with Gasteiger partial charge in [-0.05, 0) is 12.8 Å². The van der Waals surface area contributed by atoms with E-state index in [-0.39, 0.29) is 6.54 Å². The van der Waals surface area contributed by atoms with E-state index in [1.165, 1.54) is 0 Å². The van der Waals surface area contributed by atoms with Crippen molar-refractivity contribution in [2.45, 2.75) is 25.3 Å². The number of halogens is 2. The van der Waals surface area contributed by atoms with Gasteiger partial charge in [-0.25, -0.2) is 8.78 Å². The average molecular weight is 234 g/mol. The largest absolute Gasteiger partial charge is 0.354 e. The Bertz CT molecular complexity index is 266. The molecule has 0 bridgehead atoms. The molecule has 1 amide bonds. The van der Waals surface area contributed by atoms with Crippen LogP contribution in [0.4, 0.5) is 8.78 Å². The van der Waals surface area contributed by atoms with Crippen molar-refractivity contribution in [3.63, 3.8) is 0 Å². The van der Waals surface area contributed by atoms with Crippen molar-refractivity contribution < 1.29 is 13.6 Å². The maximum atomic E-state index is 11.8. The molecular formula is C9H16F2N4O. The fraction of sp³-hybridized carbons (Fsp3) is 0.778. The van der Waals surface area contributed by atoms with Crippen LogP contribution in [0, 0.1) is 0 Å². The minimum atomic E-state index is -2.52. The van der Waals surface area contributed by atoms with Crippen LogP contribution in [-0.2, 0) is 4.79 Å². The van der Waals surface area contributed by atoms with Crippen molar-refractivity contribution in [2.75, 3.05) is 20.1 Å². The molecule has 0 saturated heterocycles. The number of nitrogens with zero attached hydrogens (tertiary/aromatic N) is 1. The van der Waals surface area contributed by atoms with Gasteiger partial charge in [-0.15, -0.1) is 0 Å². The number of hydrogen-bond acceptors (Lipinski definition) is 2. The smallest absolute Gasteiger partial charge is 0.255 e. The normalized spacial score (nSPS) is 16.1. The van der Waals surface area contributed by atoms with Crippen LogP contribution >= 0.6 is 0 Å². The first kappa shape index (κ1) is 12.7. The van der Waals surface area contributed by atoms with E-state index in [1.807, 2.05) is 0 Å². The second kappa shape index (κ2) is 6.24. The van der Waals surface area contributed by atoms with Gasteiger partial charge in [0.15, 0.2) is 5.96 Å². The van der Waals surface area contributed by atoms with Crippen molar-refractivity contribution in [3.05, 3.63) is 0 Å². The summed E-state index contributed by atoms with van der Waals surface area (Å²) in [6.07, 6.45) is -0.329. The molecule has 1 aliphatic carbocycles. The molecular weight excluding hydrogens is 218 g/mol. The van der Waals surface area contributed by atoms with Crippen molar-refractivity contribution in [1.82, 2.24) is 16.0 Å². The third-order valence-electron chi connectivity index (χ3n) is 2.01. The number of carbonyl (C=O) groups excluding carboxylic acids is 1. The monoisotopic (exact) mass is 234 g/mol. The van der Waals surface area contributed by atoms with E-state index < -0.39 is 18.9 Å². The van der Waals surface area contributed by atoms with Crippen molar-refractivity contribution in [2.24, 2.45) is 4.99 Å². The average Bonchev–Trinajstić information content (AvgIpc) is 3.04. The minimum Gasteiger partial charge on any atom is -0.354 e. The van der Waals surface area contributed by atoms with E-state index in [0.717, 1.165) is 12.8 Å². The van der Waals surface area contributed by atoms with E-state index in [1.54, 1.807) is 7.05 Å². The van der Waals surface area contributed by atoms with Crippen LogP contribution < -0.4 is 16.0 Å². The van der Waals surface area contributed by atoms with Gasteiger partial charge in [0.25, 0.3) is 6.43 Å². The van der Waals surface area contributed by atoms with Gasteiger partial charge in [-0.1, -0.05) is 0 Å². The van der Waals surface area contributed by atoms with Gasteiger partial charge in [-0.2, -0.15) is 0 Å². The lowest BCUT2D eigenvalue weighted by Gasteiger charge is -2.10. The molecule has 0 aromatic heterocycles. The summed E-state index contributed by atoms with van der Waals surface area (Å²) in [5.74, 6) is 0.0498. The van der Waals surface area contributed by atoms with Crippen LogP contribution in [0.3, 0.4) is 0 Å². The Morgan fingerprint density at radius 2 is 2.12 bits per heavy atom. The molecule has 0 aromatic carbocycles. The number of hydrogen-bond donors (Lipinski definition) is 3. The molecule has 7 heteroatoms. The summed E-state index contributed by atoms with van der Waals surface area (Å²) in [6.45, 7) is -0.672. The second-order valence-electron chi connectivity index (χ2n) is 3.54. The maximum Gasteiger partial charge on any atom is 0.255 e. The summed E-state index contributed by atoms with van der Waals surface area (Å²) in [7, 11) is 1.59. The first-order chi connectivity index (χ1) is 7.61. The van der Waals surface area contributed by atoms with E-state index in [2.05, 4.69) is 20.9 Å². The molecule has 1 saturated carbocycles. The number of alkyl halides is 2. The van der Waals surface area contributed by atoms with Crippen molar-refractivity contribution >= 4 is 11.9 Å². The summed E-state index contributed by atoms with van der Waals surface area (Å²) in [5, 5.41) is 7.91. The van der Waals surface area contributed by atoms with Crippen LogP contribution in [0.1, 0.15) is 12.8 Å². The quantitative estimate of drug-likeness (QED) is 0.452. The Morgan fingerprint density at radius 3 is 2.62 bits per heavy atom. The summed E-state index contributed by atoms with van der Waals surface area (Å²) >= 11 is 0. The van der Waals surface area contributed by atoms with E-state index in [4.69, 9.17) is 0 Å². The molecule has 0 atom stereocenters. The number of carbonyl (C=O) groups is 1. The number of rotatable bonds is 5. The number of aliphatic imine (C=N–C) groups is 1. The molecule has 1 fully saturated rings. The number of guanidine groups is 1. The molecule has 16 heavy (non-hydrogen) atoms. The Morgan fingerprint density at radius 1 is 1.44 bits per heavy atom. The molecule has 5 nitrogen and oxygen atoms in total. The highest BCUT2D eigenvalue weighted by Crippen LogP contribution is 2.18. The van der Waals surface area contributed by atoms with Crippen LogP contribution in [0.15, 0.2) is 4.99 Å². The lowest BCUT2D eigenvalue weighted by atomic mass is 10.5. The van der Waals surface area contributed by atoms with Gasteiger partial charge < -0.3 is 16.0 Å². The SMILES string of the molecule is CN=C(NCC(=O)NCC(F)F)NC1CC1. The molecule has 92 valence electrons. The Kier molecular flexibility index (Phi) is 4.94. The van der Waals surface area contributed by atoms with E-state index in [9.17, 15) is 13.6 Å². The second-order valence-corrected chi connectivity index (χ2v) is 3.54. The lowest BCUT2D eigenvalue weighted by molar-refractivity contribution is -0.120. The zero-order valence-electron chi connectivity index (χ0n) is 9.09. The molecule has 1 aliphatic rings. The van der Waals surface area contributed by atoms with Gasteiger partial charge >= 0.3 is 0 Å². The van der Waals surface area contributed by atoms with Gasteiger partial charge in [0.1, 0.15) is 0 Å². The van der Waals surface area contributed by atoms with Crippen molar-refractivity contribution in [1.29, 1.82) is 0 Å². The van der Waals surface area contributed by atoms with Crippen LogP contribution in [0.25, 0.3) is 0 Å². The van der Waals surface area contributed by atoms with Crippen LogP contribution in [-0.4, -0.2) is 44.5 Å². The Hall–Kier alpha value is -1.40. The van der Waals surface area contributed by atoms with Crippen LogP contribution in [0.5, 0.6) is 0 Å². The summed E-state index contributed by atoms with van der Waals surface area (Å²) in [4.78, 5) is 15.0. The van der Waals surface area contributed by atoms with E-state index >= 15 is 0 Å². The fourth-order valence-corrected chi connectivity index (χ4v) is 1.03. The highest BCUT2D eigenvalue weighted by atomic mass is 19.3. The van der Waals surface area contributed by atoms with Gasteiger partial charge in [0, 0.05) is 13.1 Å². The summed E-state index contributed by atoms with van der Waals surface area (Å²) in [5.41, 5.74) is 0. The molecule has 0 spiro atoms. The highest BCUT2D eigenvalue weighted by Gasteiger charge is 2.22. The Labute approximate surface area is 92.7 Å². The Balaban J connectivity index is 2.13. The predicted molar refractivity (Wildman–Crippen MR) is 56.5 cm³/mol. The number of amides is 1. The molecule has 1 rings (SSSR count). The fourth-order valence-electron chi connectivity index (χ4n) is 1.03. The first-order valence-electron chi connectivity index (χ1n) is 5.14. The van der Waals surface area contributed by atoms with Gasteiger partial charge in [-0.3, -0.25) is 9.79 Å².